The standard InChI is InChI=1S/C37H60N6O7/c1-10-11-18-24(28(44)31(46)39-20-15-19-38)40-30(45)27-25-23(37(25,8)9)21-43(27)32(47)26(22-16-13-12-14-17-22)41-34(49)42-29(35(2,3)4)33(48)50-36(5,6)7/h22-27,29H,10-18,20-21H2,1-9H3,(H,39,46)(H,40,45)(H2,41,42,49)/t23-,24?,25-,26-,27-,29+/m0/s1. The molecule has 50 heavy (non-hydrogen) atoms. The Morgan fingerprint density at radius 1 is 0.960 bits per heavy atom. The number of ether oxygens (including phenoxy) is 1. The number of urea groups is 1. The summed E-state index contributed by atoms with van der Waals surface area (Å²) < 4.78 is 5.60. The summed E-state index contributed by atoms with van der Waals surface area (Å²) >= 11 is 0. The molecule has 1 heterocycles. The van der Waals surface area contributed by atoms with Crippen LogP contribution >= 0.6 is 0 Å². The lowest BCUT2D eigenvalue weighted by atomic mass is 9.83. The second-order valence-corrected chi connectivity index (χ2v) is 16.9. The molecule has 6 atom stereocenters. The van der Waals surface area contributed by atoms with E-state index < -0.39 is 64.8 Å². The number of ketones is 1. The highest BCUT2D eigenvalue weighted by Gasteiger charge is 2.69. The Morgan fingerprint density at radius 2 is 1.60 bits per heavy atom. The van der Waals surface area contributed by atoms with Gasteiger partial charge < -0.3 is 30.9 Å². The van der Waals surface area contributed by atoms with Crippen LogP contribution in [0.5, 0.6) is 0 Å². The van der Waals surface area contributed by atoms with Crippen LogP contribution in [0.1, 0.15) is 120 Å². The zero-order valence-corrected chi connectivity index (χ0v) is 31.6. The summed E-state index contributed by atoms with van der Waals surface area (Å²) in [6.07, 6.45) is 5.92. The molecule has 280 valence electrons. The third kappa shape index (κ3) is 10.2. The molecular weight excluding hydrogens is 640 g/mol. The maximum Gasteiger partial charge on any atom is 0.329 e. The molecule has 3 rings (SSSR count). The second-order valence-electron chi connectivity index (χ2n) is 16.9. The molecule has 0 aromatic rings. The van der Waals surface area contributed by atoms with Crippen LogP contribution in [-0.4, -0.2) is 83.3 Å². The summed E-state index contributed by atoms with van der Waals surface area (Å²) in [7, 11) is 0. The molecule has 0 spiro atoms. The number of unbranched alkanes of at least 4 members (excludes halogenated alkanes) is 1. The molecule has 0 radical (unpaired) electrons. The maximum atomic E-state index is 14.6. The number of rotatable bonds is 14. The number of hydrogen-bond acceptors (Lipinski definition) is 8. The zero-order valence-electron chi connectivity index (χ0n) is 31.6. The highest BCUT2D eigenvalue weighted by Crippen LogP contribution is 2.65. The monoisotopic (exact) mass is 700 g/mol. The van der Waals surface area contributed by atoms with Gasteiger partial charge in [-0.25, -0.2) is 9.59 Å². The maximum absolute atomic E-state index is 14.6. The van der Waals surface area contributed by atoms with Gasteiger partial charge in [0.25, 0.3) is 5.91 Å². The molecule has 13 nitrogen and oxygen atoms in total. The number of hydrogen-bond donors (Lipinski definition) is 4. The van der Waals surface area contributed by atoms with Crippen LogP contribution in [0.25, 0.3) is 0 Å². The summed E-state index contributed by atoms with van der Waals surface area (Å²) in [5.74, 6) is -3.37. The van der Waals surface area contributed by atoms with Crippen molar-refractivity contribution >= 4 is 35.5 Å². The number of fused-ring (bicyclic) bond motifs is 1. The minimum Gasteiger partial charge on any atom is -0.458 e. The normalized spacial score (nSPS) is 23.3. The fraction of sp³-hybridized carbons (Fsp3) is 0.811. The molecule has 13 heteroatoms. The molecule has 1 saturated heterocycles. The van der Waals surface area contributed by atoms with Gasteiger partial charge in [0.15, 0.2) is 0 Å². The van der Waals surface area contributed by atoms with Gasteiger partial charge in [0.05, 0.1) is 18.5 Å². The lowest BCUT2D eigenvalue weighted by molar-refractivity contribution is -0.160. The first-order valence-corrected chi connectivity index (χ1v) is 18.3. The van der Waals surface area contributed by atoms with Gasteiger partial charge in [-0.05, 0) is 68.6 Å². The highest BCUT2D eigenvalue weighted by molar-refractivity contribution is 6.38. The van der Waals surface area contributed by atoms with Crippen LogP contribution in [0.2, 0.25) is 0 Å². The average Bonchev–Trinajstić information content (AvgIpc) is 3.33. The predicted octanol–water partition coefficient (Wildman–Crippen LogP) is 3.75. The minimum atomic E-state index is -1.08. The molecule has 0 aromatic heterocycles. The quantitative estimate of drug-likeness (QED) is 0.120. The Balaban J connectivity index is 1.87. The molecular formula is C37H60N6O7. The van der Waals surface area contributed by atoms with Crippen molar-refractivity contribution in [1.29, 1.82) is 5.26 Å². The van der Waals surface area contributed by atoms with Crippen molar-refractivity contribution in [3.63, 3.8) is 0 Å². The van der Waals surface area contributed by atoms with E-state index in [-0.39, 0.29) is 48.5 Å². The Labute approximate surface area is 297 Å². The van der Waals surface area contributed by atoms with Gasteiger partial charge in [0.2, 0.25) is 17.6 Å². The van der Waals surface area contributed by atoms with Crippen LogP contribution in [0, 0.1) is 39.9 Å². The van der Waals surface area contributed by atoms with Gasteiger partial charge >= 0.3 is 12.0 Å². The van der Waals surface area contributed by atoms with Crippen LogP contribution < -0.4 is 21.3 Å². The number of nitrogens with one attached hydrogen (secondary N) is 4. The SMILES string of the molecule is CCCCC(NC(=O)[C@@H]1[C@@H]2[C@H](CN1C(=O)[C@@H](NC(=O)N[C@H](C(=O)OC(C)(C)C)C(C)(C)C)C1CCCCC1)C2(C)C)C(=O)C(=O)NCCC#N. The minimum absolute atomic E-state index is 0.0236. The fourth-order valence-electron chi connectivity index (χ4n) is 7.56. The van der Waals surface area contributed by atoms with Crippen LogP contribution in [-0.2, 0) is 28.7 Å². The molecule has 2 saturated carbocycles. The average molecular weight is 701 g/mol. The molecule has 4 N–H and O–H groups in total. The van der Waals surface area contributed by atoms with Crippen molar-refractivity contribution in [1.82, 2.24) is 26.2 Å². The largest absolute Gasteiger partial charge is 0.458 e. The van der Waals surface area contributed by atoms with Crippen molar-refractivity contribution < 1.29 is 33.5 Å². The summed E-state index contributed by atoms with van der Waals surface area (Å²) in [6.45, 7) is 17.1. The Hall–Kier alpha value is -3.69. The van der Waals surface area contributed by atoms with Gasteiger partial charge in [-0.1, -0.05) is 73.6 Å². The van der Waals surface area contributed by atoms with Crippen LogP contribution in [0.3, 0.4) is 0 Å². The van der Waals surface area contributed by atoms with Gasteiger partial charge in [-0.15, -0.1) is 0 Å². The van der Waals surface area contributed by atoms with Crippen molar-refractivity contribution in [2.24, 2.45) is 28.6 Å². The molecule has 0 aromatic carbocycles. The number of esters is 1. The van der Waals surface area contributed by atoms with Crippen LogP contribution in [0.15, 0.2) is 0 Å². The first kappa shape index (κ1) is 40.7. The number of likely N-dealkylation sites (tertiary alicyclic amines) is 1. The number of piperidine rings is 1. The summed E-state index contributed by atoms with van der Waals surface area (Å²) in [5.41, 5.74) is -1.66. The van der Waals surface area contributed by atoms with Gasteiger partial charge in [0, 0.05) is 13.1 Å². The van der Waals surface area contributed by atoms with Crippen molar-refractivity contribution in [3.8, 4) is 6.07 Å². The second kappa shape index (κ2) is 16.6. The van der Waals surface area contributed by atoms with E-state index >= 15 is 0 Å². The Kier molecular flexibility index (Phi) is 13.5. The number of nitrogens with zero attached hydrogens (tertiary/aromatic N) is 2. The number of nitriles is 1. The van der Waals surface area contributed by atoms with E-state index in [0.29, 0.717) is 13.0 Å². The lowest BCUT2D eigenvalue weighted by Crippen LogP contribution is -2.62. The fourth-order valence-corrected chi connectivity index (χ4v) is 7.56. The number of amides is 5. The van der Waals surface area contributed by atoms with E-state index in [4.69, 9.17) is 10.00 Å². The summed E-state index contributed by atoms with van der Waals surface area (Å²) in [5, 5.41) is 19.8. The summed E-state index contributed by atoms with van der Waals surface area (Å²) in [4.78, 5) is 82.9. The predicted molar refractivity (Wildman–Crippen MR) is 187 cm³/mol. The molecule has 0 bridgehead atoms. The molecule has 1 aliphatic heterocycles. The van der Waals surface area contributed by atoms with Crippen molar-refractivity contribution in [2.45, 2.75) is 150 Å². The van der Waals surface area contributed by atoms with Crippen LogP contribution in [0.4, 0.5) is 4.79 Å². The third-order valence-corrected chi connectivity index (χ3v) is 10.4. The smallest absolute Gasteiger partial charge is 0.329 e. The Morgan fingerprint density at radius 3 is 2.16 bits per heavy atom. The van der Waals surface area contributed by atoms with E-state index in [1.165, 1.54) is 0 Å². The van der Waals surface area contributed by atoms with E-state index in [2.05, 4.69) is 35.1 Å². The molecule has 1 unspecified atom stereocenters. The van der Waals surface area contributed by atoms with E-state index in [1.54, 1.807) is 25.7 Å². The van der Waals surface area contributed by atoms with Crippen molar-refractivity contribution in [2.75, 3.05) is 13.1 Å². The molecule has 5 amide bonds. The molecule has 2 aliphatic carbocycles. The topological polar surface area (TPSA) is 187 Å². The molecule has 3 aliphatic rings. The number of carbonyl (C=O) groups is 6. The Bertz CT molecular complexity index is 1320. The van der Waals surface area contributed by atoms with E-state index in [9.17, 15) is 28.8 Å². The molecule has 3 fully saturated rings. The highest BCUT2D eigenvalue weighted by atomic mass is 16.6. The first-order valence-electron chi connectivity index (χ1n) is 18.3. The lowest BCUT2D eigenvalue weighted by Gasteiger charge is -2.38. The summed E-state index contributed by atoms with van der Waals surface area (Å²) in [6, 6.07) is -2.65. The van der Waals surface area contributed by atoms with Gasteiger partial charge in [-0.2, -0.15) is 5.26 Å². The number of carbonyl (C=O) groups excluding carboxylic acids is 6. The first-order chi connectivity index (χ1) is 23.2. The van der Waals surface area contributed by atoms with Gasteiger partial charge in [0.1, 0.15) is 23.7 Å². The van der Waals surface area contributed by atoms with Crippen molar-refractivity contribution in [3.05, 3.63) is 0 Å². The van der Waals surface area contributed by atoms with Gasteiger partial charge in [-0.3, -0.25) is 19.2 Å². The van der Waals surface area contributed by atoms with E-state index in [1.807, 2.05) is 33.8 Å². The third-order valence-electron chi connectivity index (χ3n) is 10.4. The number of Topliss-reactive ketones (excluding diaryl/α,β-unsaturated/α-hetero) is 1. The zero-order chi connectivity index (χ0) is 37.6. The van der Waals surface area contributed by atoms with E-state index in [0.717, 1.165) is 38.5 Å².